The van der Waals surface area contributed by atoms with E-state index >= 15 is 0 Å². The molecule has 2 N–H and O–H groups in total. The van der Waals surface area contributed by atoms with Crippen LogP contribution < -0.4 is 10.1 Å². The Morgan fingerprint density at radius 3 is 2.91 bits per heavy atom. The van der Waals surface area contributed by atoms with E-state index in [-0.39, 0.29) is 11.7 Å². The van der Waals surface area contributed by atoms with E-state index in [4.69, 9.17) is 16.3 Å². The fraction of sp³-hybridized carbons (Fsp3) is 0.118. The number of amides is 1. The minimum atomic E-state index is -0.224. The molecular weight excluding hydrogens is 302 g/mol. The second kappa shape index (κ2) is 5.73. The number of carbonyl (C=O) groups is 1. The maximum Gasteiger partial charge on any atom is 0.256 e. The molecular formula is C17H14ClNO3. The van der Waals surface area contributed by atoms with Gasteiger partial charge in [0.05, 0.1) is 6.61 Å². The topological polar surface area (TPSA) is 58.6 Å². The van der Waals surface area contributed by atoms with E-state index in [0.717, 1.165) is 5.56 Å². The molecule has 0 atom stereocenters. The predicted molar refractivity (Wildman–Crippen MR) is 87.2 cm³/mol. The first-order valence-electron chi connectivity index (χ1n) is 6.88. The van der Waals surface area contributed by atoms with Crippen molar-refractivity contribution in [2.75, 3.05) is 11.9 Å². The molecule has 0 unspecified atom stereocenters. The summed E-state index contributed by atoms with van der Waals surface area (Å²) < 4.78 is 5.36. The highest BCUT2D eigenvalue weighted by atomic mass is 35.5. The first-order valence-corrected chi connectivity index (χ1v) is 7.25. The second-order valence-corrected chi connectivity index (χ2v) is 5.27. The van der Waals surface area contributed by atoms with E-state index < -0.39 is 0 Å². The van der Waals surface area contributed by atoms with Crippen LogP contribution in [0.5, 0.6) is 11.5 Å². The van der Waals surface area contributed by atoms with E-state index in [0.29, 0.717) is 34.2 Å². The normalized spacial score (nSPS) is 14.8. The molecule has 1 heterocycles. The molecule has 0 fully saturated rings. The summed E-state index contributed by atoms with van der Waals surface area (Å²) in [6.07, 6.45) is 1.63. The van der Waals surface area contributed by atoms with Crippen LogP contribution in [-0.2, 0) is 4.79 Å². The minimum absolute atomic E-state index is 0.0140. The van der Waals surface area contributed by atoms with Crippen LogP contribution in [0.2, 0.25) is 5.02 Å². The fourth-order valence-electron chi connectivity index (χ4n) is 2.39. The number of ether oxygens (including phenoxy) is 1. The summed E-state index contributed by atoms with van der Waals surface area (Å²) >= 11 is 6.00. The first-order chi connectivity index (χ1) is 10.6. The Morgan fingerprint density at radius 1 is 1.32 bits per heavy atom. The summed E-state index contributed by atoms with van der Waals surface area (Å²) in [5, 5.41) is 13.6. The van der Waals surface area contributed by atoms with Gasteiger partial charge in [0.2, 0.25) is 0 Å². The van der Waals surface area contributed by atoms with Crippen molar-refractivity contribution in [1.29, 1.82) is 0 Å². The van der Waals surface area contributed by atoms with Crippen LogP contribution in [0.4, 0.5) is 5.69 Å². The number of halogens is 1. The van der Waals surface area contributed by atoms with E-state index in [1.807, 2.05) is 6.92 Å². The molecule has 0 radical (unpaired) electrons. The number of aromatic hydroxyl groups is 1. The summed E-state index contributed by atoms with van der Waals surface area (Å²) in [6, 6.07) is 10.4. The molecule has 2 aromatic carbocycles. The maximum atomic E-state index is 12.1. The van der Waals surface area contributed by atoms with E-state index in [9.17, 15) is 9.90 Å². The Kier molecular flexibility index (Phi) is 3.77. The third-order valence-electron chi connectivity index (χ3n) is 3.39. The maximum absolute atomic E-state index is 12.1. The first kappa shape index (κ1) is 14.5. The smallest absolute Gasteiger partial charge is 0.256 e. The van der Waals surface area contributed by atoms with Gasteiger partial charge in [0, 0.05) is 27.4 Å². The number of carbonyl (C=O) groups excluding carboxylic acids is 1. The van der Waals surface area contributed by atoms with Gasteiger partial charge >= 0.3 is 0 Å². The molecule has 4 nitrogen and oxygen atoms in total. The number of anilines is 1. The highest BCUT2D eigenvalue weighted by Crippen LogP contribution is 2.37. The molecule has 0 saturated heterocycles. The van der Waals surface area contributed by atoms with Gasteiger partial charge < -0.3 is 15.2 Å². The molecule has 0 aromatic heterocycles. The Hall–Kier alpha value is -2.46. The van der Waals surface area contributed by atoms with Crippen molar-refractivity contribution >= 4 is 34.8 Å². The molecule has 5 heteroatoms. The van der Waals surface area contributed by atoms with Crippen LogP contribution >= 0.6 is 11.6 Å². The highest BCUT2D eigenvalue weighted by Gasteiger charge is 2.24. The molecule has 112 valence electrons. The number of hydrogen-bond acceptors (Lipinski definition) is 3. The van der Waals surface area contributed by atoms with Crippen LogP contribution in [0.1, 0.15) is 18.1 Å². The molecule has 1 aliphatic rings. The average molecular weight is 316 g/mol. The monoisotopic (exact) mass is 315 g/mol. The second-order valence-electron chi connectivity index (χ2n) is 4.83. The average Bonchev–Trinajstić information content (AvgIpc) is 2.79. The van der Waals surface area contributed by atoms with Crippen molar-refractivity contribution in [2.24, 2.45) is 0 Å². The van der Waals surface area contributed by atoms with Crippen molar-refractivity contribution in [3.63, 3.8) is 0 Å². The third kappa shape index (κ3) is 2.53. The summed E-state index contributed by atoms with van der Waals surface area (Å²) in [7, 11) is 0. The Labute approximate surface area is 133 Å². The molecule has 0 saturated carbocycles. The quantitative estimate of drug-likeness (QED) is 0.844. The van der Waals surface area contributed by atoms with E-state index in [1.165, 1.54) is 0 Å². The zero-order chi connectivity index (χ0) is 15.7. The van der Waals surface area contributed by atoms with Crippen molar-refractivity contribution in [1.82, 2.24) is 0 Å². The fourth-order valence-corrected chi connectivity index (χ4v) is 2.56. The van der Waals surface area contributed by atoms with Crippen molar-refractivity contribution in [3.05, 3.63) is 52.5 Å². The number of fused-ring (bicyclic) bond motifs is 1. The molecule has 2 aromatic rings. The number of benzene rings is 2. The van der Waals surface area contributed by atoms with Gasteiger partial charge in [-0.05, 0) is 37.3 Å². The van der Waals surface area contributed by atoms with Crippen LogP contribution in [0.25, 0.3) is 11.6 Å². The van der Waals surface area contributed by atoms with Gasteiger partial charge in [0.1, 0.15) is 0 Å². The molecule has 1 aliphatic heterocycles. The number of phenolic OH excluding ortho intramolecular Hbond substituents is 1. The van der Waals surface area contributed by atoms with Crippen molar-refractivity contribution in [2.45, 2.75) is 6.92 Å². The standard InChI is InChI=1S/C17H14ClNO3/c1-2-22-15-5-3-4-10(16(15)20)8-13-12-9-11(18)6-7-14(12)19-17(13)21/h3-9,20H,2H2,1H3,(H,19,21)/b13-8+. The molecule has 0 spiro atoms. The summed E-state index contributed by atoms with van der Waals surface area (Å²) in [5.41, 5.74) is 2.41. The number of nitrogens with one attached hydrogen (secondary N) is 1. The SMILES string of the molecule is CCOc1cccc(/C=C2/C(=O)Nc3ccc(Cl)cc32)c1O. The Balaban J connectivity index is 2.09. The van der Waals surface area contributed by atoms with Gasteiger partial charge in [-0.2, -0.15) is 0 Å². The zero-order valence-corrected chi connectivity index (χ0v) is 12.6. The van der Waals surface area contributed by atoms with Gasteiger partial charge in [-0.15, -0.1) is 0 Å². The molecule has 1 amide bonds. The summed E-state index contributed by atoms with van der Waals surface area (Å²) in [5.74, 6) is 0.181. The van der Waals surface area contributed by atoms with Crippen molar-refractivity contribution < 1.29 is 14.6 Å². The molecule has 3 rings (SSSR count). The number of hydrogen-bond donors (Lipinski definition) is 2. The van der Waals surface area contributed by atoms with Crippen molar-refractivity contribution in [3.8, 4) is 11.5 Å². The van der Waals surface area contributed by atoms with Crippen LogP contribution in [0.15, 0.2) is 36.4 Å². The number of phenols is 1. The molecule has 0 aliphatic carbocycles. The highest BCUT2D eigenvalue weighted by molar-refractivity contribution is 6.36. The van der Waals surface area contributed by atoms with Crippen LogP contribution in [0.3, 0.4) is 0 Å². The predicted octanol–water partition coefficient (Wildman–Crippen LogP) is 3.94. The van der Waals surface area contributed by atoms with Gasteiger partial charge in [-0.25, -0.2) is 0 Å². The van der Waals surface area contributed by atoms with Crippen LogP contribution in [-0.4, -0.2) is 17.6 Å². The largest absolute Gasteiger partial charge is 0.504 e. The third-order valence-corrected chi connectivity index (χ3v) is 3.63. The van der Waals surface area contributed by atoms with Gasteiger partial charge in [-0.3, -0.25) is 4.79 Å². The van der Waals surface area contributed by atoms with Gasteiger partial charge in [-0.1, -0.05) is 23.7 Å². The zero-order valence-electron chi connectivity index (χ0n) is 11.9. The van der Waals surface area contributed by atoms with Gasteiger partial charge in [0.15, 0.2) is 11.5 Å². The minimum Gasteiger partial charge on any atom is -0.504 e. The summed E-state index contributed by atoms with van der Waals surface area (Å²) in [4.78, 5) is 12.1. The summed E-state index contributed by atoms with van der Waals surface area (Å²) in [6.45, 7) is 2.29. The molecule has 0 bridgehead atoms. The lowest BCUT2D eigenvalue weighted by atomic mass is 10.0. The lowest BCUT2D eigenvalue weighted by Crippen LogP contribution is -2.03. The Morgan fingerprint density at radius 2 is 2.14 bits per heavy atom. The van der Waals surface area contributed by atoms with E-state index in [2.05, 4.69) is 5.32 Å². The van der Waals surface area contributed by atoms with E-state index in [1.54, 1.807) is 42.5 Å². The Bertz CT molecular complexity index is 783. The van der Waals surface area contributed by atoms with Gasteiger partial charge in [0.25, 0.3) is 5.91 Å². The number of rotatable bonds is 3. The molecule has 22 heavy (non-hydrogen) atoms. The lowest BCUT2D eigenvalue weighted by Gasteiger charge is -2.08. The van der Waals surface area contributed by atoms with Crippen LogP contribution in [0, 0.1) is 0 Å². The number of para-hydroxylation sites is 1. The lowest BCUT2D eigenvalue weighted by molar-refractivity contribution is -0.110.